The van der Waals surface area contributed by atoms with E-state index >= 15 is 0 Å². The van der Waals surface area contributed by atoms with Gasteiger partial charge in [0.05, 0.1) is 6.61 Å². The molecule has 0 aromatic heterocycles. The monoisotopic (exact) mass is 908 g/mol. The van der Waals surface area contributed by atoms with Crippen molar-refractivity contribution >= 4 is 41.8 Å². The van der Waals surface area contributed by atoms with Gasteiger partial charge in [-0.3, -0.25) is 43.0 Å². The Labute approximate surface area is 359 Å². The van der Waals surface area contributed by atoms with Crippen molar-refractivity contribution in [3.8, 4) is 0 Å². The number of hydrogen-bond acceptors (Lipinski definition) is 25. The van der Waals surface area contributed by atoms with Crippen LogP contribution in [0.5, 0.6) is 0 Å². The molecule has 0 bridgehead atoms. The van der Waals surface area contributed by atoms with Crippen molar-refractivity contribution in [1.29, 1.82) is 0 Å². The molecule has 0 aromatic rings. The van der Waals surface area contributed by atoms with E-state index in [4.69, 9.17) is 85.3 Å². The summed E-state index contributed by atoms with van der Waals surface area (Å²) >= 11 is 0. The Morgan fingerprint density at radius 2 is 0.794 bits per heavy atom. The van der Waals surface area contributed by atoms with E-state index in [9.17, 15) is 33.6 Å². The molecule has 6 aliphatic rings. The van der Waals surface area contributed by atoms with Gasteiger partial charge in [-0.2, -0.15) is 0 Å². The number of rotatable bonds is 14. The van der Waals surface area contributed by atoms with Crippen LogP contribution in [-0.4, -0.2) is 172 Å². The predicted molar refractivity (Wildman–Crippen MR) is 192 cm³/mol. The molecule has 6 saturated heterocycles. The molecule has 0 aromatic carbocycles. The van der Waals surface area contributed by atoms with Gasteiger partial charge in [-0.1, -0.05) is 0 Å². The molecule has 6 aliphatic heterocycles. The molecule has 0 N–H and O–H groups in total. The van der Waals surface area contributed by atoms with Gasteiger partial charge in [0.25, 0.3) is 11.9 Å². The van der Waals surface area contributed by atoms with E-state index in [2.05, 4.69) is 0 Å². The maximum absolute atomic E-state index is 12.7. The quantitative estimate of drug-likeness (QED) is 0.154. The SMILES string of the molecule is CC(=O)OCC1O[C@H]2OC(C)(OC3C4OC(C)O[C@@H]4OC(COC4(C)OC5C(OC(C)=O)[C@@H](OC(C)=O)C(COC(C)=O)O[C@@H]5O4)[C@H]3OC(C)=O)OC2C(OC(C)=O)[C@@H]1OC(C)=O. The molecule has 0 saturated carbocycles. The largest absolute Gasteiger partial charge is 0.463 e. The lowest BCUT2D eigenvalue weighted by Crippen LogP contribution is -2.62. The van der Waals surface area contributed by atoms with E-state index in [1.165, 1.54) is 13.8 Å². The molecule has 0 aliphatic carbocycles. The molecular formula is C38H52O25. The number of carbonyl (C=O) groups is 7. The van der Waals surface area contributed by atoms with Crippen LogP contribution in [0.2, 0.25) is 0 Å². The fourth-order valence-corrected chi connectivity index (χ4v) is 7.94. The molecule has 63 heavy (non-hydrogen) atoms. The third-order valence-corrected chi connectivity index (χ3v) is 10.1. The number of ether oxygens (including phenoxy) is 18. The Kier molecular flexibility index (Phi) is 15.0. The number of carbonyl (C=O) groups excluding carboxylic acids is 7. The molecule has 6 fully saturated rings. The van der Waals surface area contributed by atoms with Gasteiger partial charge < -0.3 is 75.8 Å². The molecular weight excluding hydrogens is 856 g/mol. The second-order valence-electron chi connectivity index (χ2n) is 15.4. The van der Waals surface area contributed by atoms with E-state index in [-0.39, 0.29) is 0 Å². The summed E-state index contributed by atoms with van der Waals surface area (Å²) in [7, 11) is 0. The average molecular weight is 909 g/mol. The van der Waals surface area contributed by atoms with Crippen LogP contribution in [0.15, 0.2) is 0 Å². The van der Waals surface area contributed by atoms with Crippen LogP contribution in [-0.2, 0) is 119 Å². The minimum Gasteiger partial charge on any atom is -0.463 e. The van der Waals surface area contributed by atoms with Crippen LogP contribution < -0.4 is 0 Å². The summed E-state index contributed by atoms with van der Waals surface area (Å²) in [6, 6.07) is 0. The maximum Gasteiger partial charge on any atom is 0.303 e. The second-order valence-corrected chi connectivity index (χ2v) is 15.4. The van der Waals surface area contributed by atoms with Crippen molar-refractivity contribution in [2.45, 2.75) is 180 Å². The van der Waals surface area contributed by atoms with Crippen LogP contribution in [0.4, 0.5) is 0 Å². The van der Waals surface area contributed by atoms with Gasteiger partial charge >= 0.3 is 41.8 Å². The topological polar surface area (TPSA) is 286 Å². The van der Waals surface area contributed by atoms with Gasteiger partial charge in [0, 0.05) is 62.3 Å². The van der Waals surface area contributed by atoms with Gasteiger partial charge in [-0.05, 0) is 6.92 Å². The molecule has 0 amide bonds. The van der Waals surface area contributed by atoms with Crippen LogP contribution in [0.3, 0.4) is 0 Å². The maximum atomic E-state index is 12.7. The fourth-order valence-electron chi connectivity index (χ4n) is 7.94. The van der Waals surface area contributed by atoms with Gasteiger partial charge in [0.2, 0.25) is 0 Å². The molecule has 18 atom stereocenters. The van der Waals surface area contributed by atoms with Crippen molar-refractivity contribution in [2.24, 2.45) is 0 Å². The third-order valence-electron chi connectivity index (χ3n) is 10.1. The van der Waals surface area contributed by atoms with Crippen LogP contribution in [0.1, 0.15) is 69.2 Å². The predicted octanol–water partition coefficient (Wildman–Crippen LogP) is -0.713. The summed E-state index contributed by atoms with van der Waals surface area (Å²) in [5.41, 5.74) is 0. The highest BCUT2D eigenvalue weighted by atomic mass is 17.0. The van der Waals surface area contributed by atoms with Crippen molar-refractivity contribution in [3.63, 3.8) is 0 Å². The summed E-state index contributed by atoms with van der Waals surface area (Å²) in [4.78, 5) is 85.1. The highest BCUT2D eigenvalue weighted by Gasteiger charge is 2.64. The van der Waals surface area contributed by atoms with E-state index in [0.29, 0.717) is 0 Å². The highest BCUT2D eigenvalue weighted by molar-refractivity contribution is 5.69. The number of esters is 7. The smallest absolute Gasteiger partial charge is 0.303 e. The molecule has 6 rings (SSSR count). The Bertz CT molecular complexity index is 1740. The average Bonchev–Trinajstić information content (AvgIpc) is 3.82. The van der Waals surface area contributed by atoms with Crippen molar-refractivity contribution in [3.05, 3.63) is 0 Å². The summed E-state index contributed by atoms with van der Waals surface area (Å²) in [6.07, 6.45) is -20.1. The van der Waals surface area contributed by atoms with E-state index in [1.807, 2.05) is 0 Å². The lowest BCUT2D eigenvalue weighted by molar-refractivity contribution is -0.396. The molecule has 6 heterocycles. The first-order valence-electron chi connectivity index (χ1n) is 20.0. The third kappa shape index (κ3) is 11.6. The molecule has 0 spiro atoms. The Morgan fingerprint density at radius 3 is 1.24 bits per heavy atom. The Morgan fingerprint density at radius 1 is 0.413 bits per heavy atom. The standard InChI is InChI=1S/C38H52O25/c1-14(39)46-11-22-25(49-16(3)41)28(52-19(6)44)32-35(57-22)62-37(9,60-32)48-13-24-27(51-18(5)43)30(31-34(56-24)55-21(8)54-31)59-38(10)61-33-29(53-20(7)45)26(50-17(4)42)23(12-47-15(2)40)58-36(33)63-38/h21-36H,11-13H2,1-10H3/t21?,22?,23?,24?,25-,26+,27+,28?,29?,30?,31?,32?,33?,34+,35+,36-,37?,38?/m0/s1. The van der Waals surface area contributed by atoms with E-state index < -0.39 is 172 Å². The first kappa shape index (κ1) is 48.3. The Hall–Kier alpha value is -4.15. The molecule has 354 valence electrons. The zero-order valence-corrected chi connectivity index (χ0v) is 36.1. The minimum atomic E-state index is -2.11. The molecule has 25 heteroatoms. The summed E-state index contributed by atoms with van der Waals surface area (Å²) < 4.78 is 105. The highest BCUT2D eigenvalue weighted by Crippen LogP contribution is 2.45. The van der Waals surface area contributed by atoms with Gasteiger partial charge in [-0.25, -0.2) is 0 Å². The van der Waals surface area contributed by atoms with Gasteiger partial charge in [-0.15, -0.1) is 0 Å². The number of hydrogen-bond donors (Lipinski definition) is 0. The molecule has 25 nitrogen and oxygen atoms in total. The second kappa shape index (κ2) is 19.5. The van der Waals surface area contributed by atoms with Crippen LogP contribution in [0.25, 0.3) is 0 Å². The van der Waals surface area contributed by atoms with E-state index in [1.54, 1.807) is 6.92 Å². The van der Waals surface area contributed by atoms with Crippen molar-refractivity contribution in [2.75, 3.05) is 19.8 Å². The lowest BCUT2D eigenvalue weighted by Gasteiger charge is -2.44. The van der Waals surface area contributed by atoms with Crippen molar-refractivity contribution < 1.29 is 119 Å². The van der Waals surface area contributed by atoms with Gasteiger partial charge in [0.1, 0.15) is 43.7 Å². The minimum absolute atomic E-state index is 0.411. The van der Waals surface area contributed by atoms with E-state index in [0.717, 1.165) is 48.5 Å². The Balaban J connectivity index is 1.24. The fraction of sp³-hybridized carbons (Fsp3) is 0.816. The van der Waals surface area contributed by atoms with Crippen LogP contribution >= 0.6 is 0 Å². The van der Waals surface area contributed by atoms with Gasteiger partial charge in [0.15, 0.2) is 67.9 Å². The van der Waals surface area contributed by atoms with Crippen LogP contribution in [0, 0.1) is 0 Å². The molecule has 0 radical (unpaired) electrons. The first-order chi connectivity index (χ1) is 29.5. The lowest BCUT2D eigenvalue weighted by atomic mass is 9.98. The normalized spacial score (nSPS) is 41.5. The summed E-state index contributed by atoms with van der Waals surface area (Å²) in [5, 5.41) is 0. The summed E-state index contributed by atoms with van der Waals surface area (Å²) in [5.74, 6) is -9.30. The van der Waals surface area contributed by atoms with Crippen molar-refractivity contribution in [1.82, 2.24) is 0 Å². The summed E-state index contributed by atoms with van der Waals surface area (Å²) in [6.45, 7) is 10.9. The number of fused-ring (bicyclic) bond motifs is 3. The first-order valence-corrected chi connectivity index (χ1v) is 20.0. The molecule has 12 unspecified atom stereocenters. The zero-order valence-electron chi connectivity index (χ0n) is 36.1. The zero-order chi connectivity index (χ0) is 46.1.